The Bertz CT molecular complexity index is 2580. The molecule has 68 heavy (non-hydrogen) atoms. The maximum atomic E-state index is 14.7. The predicted octanol–water partition coefficient (Wildman–Crippen LogP) is 5.05. The second-order valence-electron chi connectivity index (χ2n) is 20.3. The topological polar surface area (TPSA) is 196 Å². The van der Waals surface area contributed by atoms with Crippen LogP contribution >= 0.6 is 11.3 Å². The van der Waals surface area contributed by atoms with Crippen molar-refractivity contribution in [1.82, 2.24) is 50.3 Å². The van der Waals surface area contributed by atoms with Gasteiger partial charge in [0.15, 0.2) is 6.61 Å². The first-order chi connectivity index (χ1) is 32.6. The summed E-state index contributed by atoms with van der Waals surface area (Å²) in [5, 5.41) is 11.2. The fourth-order valence-corrected chi connectivity index (χ4v) is 11.7. The van der Waals surface area contributed by atoms with Crippen LogP contribution in [0.5, 0.6) is 0 Å². The van der Waals surface area contributed by atoms with Crippen LogP contribution in [-0.4, -0.2) is 146 Å². The summed E-state index contributed by atoms with van der Waals surface area (Å²) in [6, 6.07) is 7.73. The average molecular weight is 953 g/mol. The number of thiazole rings is 1. The first-order valence-electron chi connectivity index (χ1n) is 24.2. The van der Waals surface area contributed by atoms with E-state index in [0.717, 1.165) is 57.5 Å². The maximum Gasteiger partial charge on any atom is 0.326 e. The van der Waals surface area contributed by atoms with Gasteiger partial charge in [-0.25, -0.2) is 14.6 Å². The molecule has 4 fully saturated rings. The predicted molar refractivity (Wildman–Crippen MR) is 257 cm³/mol. The molecule has 0 saturated carbocycles. The number of urea groups is 1. The number of nitrogens with zero attached hydrogens (tertiary/aromatic N) is 8. The quantitative estimate of drug-likeness (QED) is 0.190. The molecule has 364 valence electrons. The number of rotatable bonds is 9. The van der Waals surface area contributed by atoms with Crippen molar-refractivity contribution in [3.05, 3.63) is 63.1 Å². The smallest absolute Gasteiger partial charge is 0.326 e. The Morgan fingerprint density at radius 3 is 2.56 bits per heavy atom. The normalized spacial score (nSPS) is 24.7. The number of nitrogens with one attached hydrogen (secondary N) is 3. The van der Waals surface area contributed by atoms with Crippen molar-refractivity contribution >= 4 is 46.0 Å². The molecule has 9 rings (SSSR count). The SMILES string of the molecule is CCn1c(-c2cccnc2[C@H](C)OC)c2c3cc(ccc31)-c1csc(n1)C[C@H](NC(=O)[C@H](C(C)C)N(C)C(=O)N1C3CCC1CN(C(=O)[C@@H]1CN1)C3)C(=O)N1CCC[C@H](N1)[N+](=O)OCC(C)(C)C2. The van der Waals surface area contributed by atoms with Crippen LogP contribution in [-0.2, 0) is 43.3 Å². The van der Waals surface area contributed by atoms with E-state index in [1.54, 1.807) is 20.4 Å². The van der Waals surface area contributed by atoms with Gasteiger partial charge in [0.2, 0.25) is 16.7 Å². The standard InChI is InChI=1S/C49H65N11O7S/c1-9-57-39-17-14-30-20-34(39)35(44(57)33-12-10-18-50-42(33)29(4)66-8)22-49(5,6)27-67-60(65)40-13-11-19-58(54-40)47(63)36(21-41-52-38(30)26-68-41)53-45(61)43(28(2)3)55(7)48(64)59-31-15-16-32(59)25-56(24-31)46(62)37-23-51-37/h10,12,14,17-18,20,26,28-29,31-32,36-37,40,43,51,54H,9,11,13,15-16,19,21-25,27H2,1-8H3/p+1/t29-,31?,32?,36-,37-,40+,43-/m0/s1. The number of carbonyl (C=O) groups excluding carboxylic acids is 4. The molecule has 8 heterocycles. The fourth-order valence-electron chi connectivity index (χ4n) is 10.8. The van der Waals surface area contributed by atoms with Gasteiger partial charge in [-0.2, -0.15) is 5.43 Å². The number of carbonyl (C=O) groups is 4. The Kier molecular flexibility index (Phi) is 13.4. The second-order valence-corrected chi connectivity index (χ2v) is 21.2. The summed E-state index contributed by atoms with van der Waals surface area (Å²) < 4.78 is 8.13. The Morgan fingerprint density at radius 1 is 1.12 bits per heavy atom. The van der Waals surface area contributed by atoms with Crippen LogP contribution in [0.15, 0.2) is 41.9 Å². The molecule has 0 radical (unpaired) electrons. The lowest BCUT2D eigenvalue weighted by atomic mass is 9.84. The summed E-state index contributed by atoms with van der Waals surface area (Å²) in [4.78, 5) is 92.3. The minimum atomic E-state index is -1.09. The molecule has 3 aromatic heterocycles. The number of hydrogen-bond donors (Lipinski definition) is 3. The molecule has 19 heteroatoms. The van der Waals surface area contributed by atoms with Crippen LogP contribution in [0.4, 0.5) is 4.79 Å². The summed E-state index contributed by atoms with van der Waals surface area (Å²) in [5.41, 5.74) is 9.22. The number of aryl methyl sites for hydroxylation is 1. The summed E-state index contributed by atoms with van der Waals surface area (Å²) in [6.45, 7) is 14.8. The molecule has 3 N–H and O–H groups in total. The van der Waals surface area contributed by atoms with Crippen molar-refractivity contribution in [3.63, 3.8) is 0 Å². The van der Waals surface area contributed by atoms with Crippen molar-refractivity contribution in [2.24, 2.45) is 11.3 Å². The third-order valence-corrected chi connectivity index (χ3v) is 15.3. The van der Waals surface area contributed by atoms with Gasteiger partial charge >= 0.3 is 12.2 Å². The number of likely N-dealkylation sites (N-methyl/N-ethyl adjacent to an activating group) is 1. The maximum absolute atomic E-state index is 14.7. The van der Waals surface area contributed by atoms with Gasteiger partial charge < -0.3 is 34.6 Å². The highest BCUT2D eigenvalue weighted by atomic mass is 32.1. The van der Waals surface area contributed by atoms with Gasteiger partial charge in [-0.05, 0) is 75.3 Å². The van der Waals surface area contributed by atoms with Crippen LogP contribution in [0.3, 0.4) is 0 Å². The van der Waals surface area contributed by atoms with E-state index in [1.807, 2.05) is 42.0 Å². The van der Waals surface area contributed by atoms with Crippen LogP contribution < -0.4 is 16.1 Å². The number of piperazine rings is 1. The number of hydrogen-bond acceptors (Lipinski definition) is 12. The second kappa shape index (κ2) is 19.1. The molecule has 7 atom stereocenters. The minimum Gasteiger partial charge on any atom is -0.375 e. The van der Waals surface area contributed by atoms with Crippen molar-refractivity contribution in [1.29, 1.82) is 0 Å². The third kappa shape index (κ3) is 9.21. The number of hydrazine groups is 1. The Labute approximate surface area is 401 Å². The van der Waals surface area contributed by atoms with Crippen molar-refractivity contribution < 1.29 is 33.7 Å². The first-order valence-corrected chi connectivity index (χ1v) is 25.1. The molecule has 18 nitrogen and oxygen atoms in total. The molecule has 0 spiro atoms. The number of pyridine rings is 1. The highest BCUT2D eigenvalue weighted by molar-refractivity contribution is 7.10. The van der Waals surface area contributed by atoms with Gasteiger partial charge in [0, 0.05) is 98.7 Å². The van der Waals surface area contributed by atoms with Crippen molar-refractivity contribution in [2.45, 2.75) is 129 Å². The van der Waals surface area contributed by atoms with Crippen LogP contribution in [0, 0.1) is 16.2 Å². The molecule has 4 aromatic rings. The van der Waals surface area contributed by atoms with Crippen LogP contribution in [0.1, 0.15) is 89.6 Å². The number of fused-ring (bicyclic) bond motifs is 8. The number of aromatic nitrogens is 3. The fraction of sp³-hybridized carbons (Fsp3) is 0.592. The molecular weight excluding hydrogens is 887 g/mol. The lowest BCUT2D eigenvalue weighted by molar-refractivity contribution is -0.835. The Hall–Kier alpha value is -5.50. The Balaban J connectivity index is 1.05. The molecule has 5 aliphatic heterocycles. The number of amides is 5. The lowest BCUT2D eigenvalue weighted by Gasteiger charge is -2.44. The number of benzene rings is 1. The van der Waals surface area contributed by atoms with E-state index in [-0.39, 0.29) is 55.1 Å². The molecule has 4 saturated heterocycles. The van der Waals surface area contributed by atoms with Gasteiger partial charge in [0.25, 0.3) is 5.91 Å². The van der Waals surface area contributed by atoms with E-state index < -0.39 is 35.5 Å². The highest BCUT2D eigenvalue weighted by Gasteiger charge is 2.48. The first kappa shape index (κ1) is 47.6. The summed E-state index contributed by atoms with van der Waals surface area (Å²) in [6.07, 6.45) is 3.84. The van der Waals surface area contributed by atoms with Crippen LogP contribution in [0.25, 0.3) is 33.4 Å². The van der Waals surface area contributed by atoms with Crippen LogP contribution in [0.2, 0.25) is 0 Å². The molecule has 5 aliphatic rings. The zero-order chi connectivity index (χ0) is 48.2. The number of likely N-dealkylation sites (tertiary alicyclic amines) is 1. The molecule has 8 bridgehead atoms. The zero-order valence-electron chi connectivity index (χ0n) is 40.5. The monoisotopic (exact) mass is 952 g/mol. The number of methoxy groups -OCH3 is 1. The Morgan fingerprint density at radius 2 is 1.87 bits per heavy atom. The molecule has 0 aliphatic carbocycles. The molecule has 1 aromatic carbocycles. The zero-order valence-corrected chi connectivity index (χ0v) is 41.3. The van der Waals surface area contributed by atoms with Gasteiger partial charge in [0.05, 0.1) is 51.2 Å². The summed E-state index contributed by atoms with van der Waals surface area (Å²) >= 11 is 1.41. The number of ether oxygens (including phenoxy) is 1. The van der Waals surface area contributed by atoms with Gasteiger partial charge in [-0.3, -0.25) is 24.4 Å². The van der Waals surface area contributed by atoms with E-state index in [2.05, 4.69) is 65.7 Å². The van der Waals surface area contributed by atoms with E-state index in [0.29, 0.717) is 61.9 Å². The lowest BCUT2D eigenvalue weighted by Crippen LogP contribution is -2.64. The summed E-state index contributed by atoms with van der Waals surface area (Å²) in [7, 11) is 3.33. The van der Waals surface area contributed by atoms with Gasteiger partial charge in [0.1, 0.15) is 12.1 Å². The van der Waals surface area contributed by atoms with Gasteiger partial charge in [-0.15, -0.1) is 11.3 Å². The van der Waals surface area contributed by atoms with E-state index >= 15 is 0 Å². The van der Waals surface area contributed by atoms with Crippen molar-refractivity contribution in [3.8, 4) is 22.5 Å². The van der Waals surface area contributed by atoms with E-state index in [4.69, 9.17) is 19.5 Å². The van der Waals surface area contributed by atoms with E-state index in [9.17, 15) is 24.1 Å². The molecular formula is C49H66N11O7S+. The van der Waals surface area contributed by atoms with E-state index in [1.165, 1.54) is 21.2 Å². The highest BCUT2D eigenvalue weighted by Crippen LogP contribution is 2.42. The largest absolute Gasteiger partial charge is 0.375 e. The van der Waals surface area contributed by atoms with Gasteiger partial charge in [-0.1, -0.05) is 33.8 Å². The van der Waals surface area contributed by atoms with Crippen molar-refractivity contribution in [2.75, 3.05) is 46.9 Å². The minimum absolute atomic E-state index is 0.0770. The summed E-state index contributed by atoms with van der Waals surface area (Å²) in [5.74, 6) is -1.12. The average Bonchev–Trinajstić information content (AvgIpc) is 3.93. The molecule has 5 amide bonds. The molecule has 2 unspecified atom stereocenters. The third-order valence-electron chi connectivity index (χ3n) is 14.4.